The molecule has 0 heterocycles. The summed E-state index contributed by atoms with van der Waals surface area (Å²) in [6.07, 6.45) is 5.50. The highest BCUT2D eigenvalue weighted by molar-refractivity contribution is 5.94. The first kappa shape index (κ1) is 5.76. The number of Topliss-reactive ketones (excluding diaryl/α,β-unsaturated/α-hetero) is 1. The molecule has 0 aromatic carbocycles. The van der Waals surface area contributed by atoms with Crippen LogP contribution in [0.2, 0.25) is 0 Å². The van der Waals surface area contributed by atoms with Crippen LogP contribution >= 0.6 is 0 Å². The smallest absolute Gasteiger partial charge is 0.148 e. The average molecular weight is 146 g/mol. The Kier molecular flexibility index (Phi) is 0.783. The fourth-order valence-electron chi connectivity index (χ4n) is 2.94. The lowest BCUT2D eigenvalue weighted by atomic mass is 9.75. The summed E-state index contributed by atoms with van der Waals surface area (Å²) in [6, 6.07) is 0. The van der Waals surface area contributed by atoms with E-state index in [4.69, 9.17) is 0 Å². The molecule has 0 aromatic heterocycles. The summed E-state index contributed by atoms with van der Waals surface area (Å²) in [4.78, 5) is 11.5. The minimum absolute atomic E-state index is 0.218. The number of hydrogen-bond acceptors (Lipinski definition) is 1. The van der Waals surface area contributed by atoms with Gasteiger partial charge in [0.2, 0.25) is 0 Å². The molecule has 4 atom stereocenters. The topological polar surface area (TPSA) is 17.1 Å². The van der Waals surface area contributed by atoms with Crippen LogP contribution in [-0.4, -0.2) is 5.78 Å². The van der Waals surface area contributed by atoms with Crippen LogP contribution in [0.3, 0.4) is 0 Å². The Hall–Kier alpha value is -0.850. The lowest BCUT2D eigenvalue weighted by Gasteiger charge is -2.27. The first-order chi connectivity index (χ1) is 5.29. The van der Waals surface area contributed by atoms with Crippen molar-refractivity contribution in [3.63, 3.8) is 0 Å². The van der Waals surface area contributed by atoms with Crippen molar-refractivity contribution in [1.29, 1.82) is 0 Å². The van der Waals surface area contributed by atoms with Crippen LogP contribution in [0.25, 0.3) is 0 Å². The SMILES string of the molecule is C=C1C2CC3C=CC2C(=O)C13. The summed E-state index contributed by atoms with van der Waals surface area (Å²) in [6.45, 7) is 4.01. The molecule has 4 unspecified atom stereocenters. The molecule has 1 nitrogen and oxygen atoms in total. The van der Waals surface area contributed by atoms with E-state index >= 15 is 0 Å². The highest BCUT2D eigenvalue weighted by Crippen LogP contribution is 2.56. The van der Waals surface area contributed by atoms with Crippen molar-refractivity contribution in [2.45, 2.75) is 6.42 Å². The van der Waals surface area contributed by atoms with Crippen molar-refractivity contribution in [1.82, 2.24) is 0 Å². The van der Waals surface area contributed by atoms with Gasteiger partial charge in [-0.05, 0) is 18.3 Å². The molecule has 4 rings (SSSR count). The highest BCUT2D eigenvalue weighted by Gasteiger charge is 2.55. The maximum absolute atomic E-state index is 11.5. The minimum atomic E-state index is 0.218. The van der Waals surface area contributed by atoms with Gasteiger partial charge in [0.25, 0.3) is 0 Å². The Morgan fingerprint density at radius 3 is 2.73 bits per heavy atom. The van der Waals surface area contributed by atoms with E-state index in [1.54, 1.807) is 0 Å². The first-order valence-electron chi connectivity index (χ1n) is 4.20. The van der Waals surface area contributed by atoms with Gasteiger partial charge < -0.3 is 0 Å². The van der Waals surface area contributed by atoms with Crippen molar-refractivity contribution in [3.05, 3.63) is 24.3 Å². The van der Waals surface area contributed by atoms with Crippen LogP contribution < -0.4 is 0 Å². The van der Waals surface area contributed by atoms with Gasteiger partial charge in [0.15, 0.2) is 0 Å². The molecule has 4 aliphatic rings. The lowest BCUT2D eigenvalue weighted by molar-refractivity contribution is -0.125. The van der Waals surface area contributed by atoms with Crippen LogP contribution in [0.4, 0.5) is 0 Å². The molecule has 56 valence electrons. The molecule has 0 spiro atoms. The Morgan fingerprint density at radius 1 is 1.45 bits per heavy atom. The monoisotopic (exact) mass is 146 g/mol. The van der Waals surface area contributed by atoms with Gasteiger partial charge in [-0.15, -0.1) is 0 Å². The molecule has 0 radical (unpaired) electrons. The summed E-state index contributed by atoms with van der Waals surface area (Å²) in [5.41, 5.74) is 1.22. The first-order valence-corrected chi connectivity index (χ1v) is 4.20. The summed E-state index contributed by atoms with van der Waals surface area (Å²) in [5, 5.41) is 0. The van der Waals surface area contributed by atoms with Gasteiger partial charge in [0.05, 0.1) is 0 Å². The summed E-state index contributed by atoms with van der Waals surface area (Å²) in [7, 11) is 0. The van der Waals surface area contributed by atoms with E-state index in [9.17, 15) is 4.79 Å². The molecule has 11 heavy (non-hydrogen) atoms. The van der Waals surface area contributed by atoms with E-state index in [0.29, 0.717) is 17.6 Å². The van der Waals surface area contributed by atoms with E-state index in [2.05, 4.69) is 18.7 Å². The van der Waals surface area contributed by atoms with Gasteiger partial charge in [-0.1, -0.05) is 24.3 Å². The van der Waals surface area contributed by atoms with E-state index in [-0.39, 0.29) is 11.8 Å². The van der Waals surface area contributed by atoms with E-state index in [1.807, 2.05) is 0 Å². The van der Waals surface area contributed by atoms with Gasteiger partial charge in [0, 0.05) is 11.8 Å². The van der Waals surface area contributed by atoms with Crippen molar-refractivity contribution in [2.24, 2.45) is 23.7 Å². The highest BCUT2D eigenvalue weighted by atomic mass is 16.1. The Labute approximate surface area is 65.8 Å². The van der Waals surface area contributed by atoms with Crippen LogP contribution in [0.5, 0.6) is 0 Å². The second-order valence-corrected chi connectivity index (χ2v) is 3.87. The predicted molar refractivity (Wildman–Crippen MR) is 41.9 cm³/mol. The fourth-order valence-corrected chi connectivity index (χ4v) is 2.94. The molecule has 0 aliphatic heterocycles. The molecule has 2 saturated carbocycles. The number of allylic oxidation sites excluding steroid dienone is 3. The second-order valence-electron chi connectivity index (χ2n) is 3.87. The summed E-state index contributed by atoms with van der Waals surface area (Å²) in [5.74, 6) is 1.92. The molecular weight excluding hydrogens is 136 g/mol. The normalized spacial score (nSPS) is 51.3. The van der Waals surface area contributed by atoms with Crippen molar-refractivity contribution < 1.29 is 4.79 Å². The predicted octanol–water partition coefficient (Wildman–Crippen LogP) is 1.56. The van der Waals surface area contributed by atoms with Crippen LogP contribution in [0.15, 0.2) is 24.3 Å². The molecule has 1 heteroatoms. The van der Waals surface area contributed by atoms with E-state index < -0.39 is 0 Å². The Morgan fingerprint density at radius 2 is 2.27 bits per heavy atom. The maximum Gasteiger partial charge on any atom is 0.148 e. The zero-order chi connectivity index (χ0) is 7.59. The van der Waals surface area contributed by atoms with Gasteiger partial charge in [-0.3, -0.25) is 4.79 Å². The van der Waals surface area contributed by atoms with Gasteiger partial charge in [-0.2, -0.15) is 0 Å². The van der Waals surface area contributed by atoms with Crippen molar-refractivity contribution >= 4 is 5.78 Å². The lowest BCUT2D eigenvalue weighted by Crippen LogP contribution is -2.30. The standard InChI is InChI=1S/C10H10O/c1-5-8-4-6-2-3-7(8)10(11)9(5)6/h2-3,6-9H,1,4H2. The minimum Gasteiger partial charge on any atom is -0.298 e. The van der Waals surface area contributed by atoms with E-state index in [0.717, 1.165) is 0 Å². The Bertz CT molecular complexity index is 287. The van der Waals surface area contributed by atoms with Crippen LogP contribution in [0, 0.1) is 23.7 Å². The third kappa shape index (κ3) is 0.453. The number of hydrogen-bond donors (Lipinski definition) is 0. The van der Waals surface area contributed by atoms with Crippen molar-refractivity contribution in [3.8, 4) is 0 Å². The third-order valence-corrected chi connectivity index (χ3v) is 3.46. The number of carbonyl (C=O) groups is 1. The molecule has 4 bridgehead atoms. The Balaban J connectivity index is 2.24. The van der Waals surface area contributed by atoms with E-state index in [1.165, 1.54) is 12.0 Å². The summed E-state index contributed by atoms with van der Waals surface area (Å²) >= 11 is 0. The third-order valence-electron chi connectivity index (χ3n) is 3.46. The summed E-state index contributed by atoms with van der Waals surface area (Å²) < 4.78 is 0. The van der Waals surface area contributed by atoms with Gasteiger partial charge in [0.1, 0.15) is 5.78 Å². The largest absolute Gasteiger partial charge is 0.298 e. The quantitative estimate of drug-likeness (QED) is 0.474. The van der Waals surface area contributed by atoms with Crippen molar-refractivity contribution in [2.75, 3.05) is 0 Å². The van der Waals surface area contributed by atoms with Gasteiger partial charge in [-0.25, -0.2) is 0 Å². The molecule has 2 fully saturated rings. The number of carbonyl (C=O) groups excluding carboxylic acids is 1. The fraction of sp³-hybridized carbons (Fsp3) is 0.500. The zero-order valence-corrected chi connectivity index (χ0v) is 6.29. The number of rotatable bonds is 0. The van der Waals surface area contributed by atoms with Crippen LogP contribution in [0.1, 0.15) is 6.42 Å². The molecule has 0 aromatic rings. The molecule has 4 aliphatic carbocycles. The molecule has 0 amide bonds. The van der Waals surface area contributed by atoms with Gasteiger partial charge >= 0.3 is 0 Å². The zero-order valence-electron chi connectivity index (χ0n) is 6.29. The van der Waals surface area contributed by atoms with Crippen LogP contribution in [-0.2, 0) is 4.79 Å². The molecular formula is C10H10O. The second kappa shape index (κ2) is 1.50. The molecule has 0 N–H and O–H groups in total. The average Bonchev–Trinajstić information content (AvgIpc) is 2.38. The maximum atomic E-state index is 11.5. The number of ketones is 1. The molecule has 0 saturated heterocycles.